The van der Waals surface area contributed by atoms with Crippen molar-refractivity contribution >= 4 is 34.1 Å². The minimum absolute atomic E-state index is 0.101. The highest BCUT2D eigenvalue weighted by atomic mass is 32.2. The molecule has 2 heterocycles. The van der Waals surface area contributed by atoms with E-state index in [-0.39, 0.29) is 11.7 Å². The summed E-state index contributed by atoms with van der Waals surface area (Å²) in [5.41, 5.74) is 1.70. The Balaban J connectivity index is 1.42. The smallest absolute Gasteiger partial charge is 0.236 e. The first-order valence-electron chi connectivity index (χ1n) is 9.90. The second-order valence-corrected chi connectivity index (χ2v) is 8.55. The fourth-order valence-corrected chi connectivity index (χ4v) is 4.65. The average molecular weight is 488 g/mol. The zero-order chi connectivity index (χ0) is 23.4. The maximum atomic E-state index is 13.5. The molecule has 170 valence electrons. The summed E-state index contributed by atoms with van der Waals surface area (Å²) in [4.78, 5) is 16.7. The quantitative estimate of drug-likeness (QED) is 0.348. The first-order valence-corrected chi connectivity index (χ1v) is 11.8. The highest BCUT2D eigenvalue weighted by molar-refractivity contribution is 7.99. The number of thioether (sulfide) groups is 1. The van der Waals surface area contributed by atoms with Crippen LogP contribution >= 0.6 is 23.1 Å². The topological polar surface area (TPSA) is 81.9 Å². The van der Waals surface area contributed by atoms with Gasteiger partial charge in [0.25, 0.3) is 0 Å². The van der Waals surface area contributed by atoms with Gasteiger partial charge in [0.2, 0.25) is 5.91 Å². The van der Waals surface area contributed by atoms with Crippen molar-refractivity contribution in [3.63, 3.8) is 0 Å². The summed E-state index contributed by atoms with van der Waals surface area (Å²) < 4.78 is 33.9. The van der Waals surface area contributed by atoms with Gasteiger partial charge in [-0.1, -0.05) is 23.9 Å². The summed E-state index contributed by atoms with van der Waals surface area (Å²) in [5.74, 6) is -0.688. The number of methoxy groups -OCH3 is 1. The Morgan fingerprint density at radius 2 is 2.00 bits per heavy atom. The Morgan fingerprint density at radius 1 is 1.18 bits per heavy atom. The van der Waals surface area contributed by atoms with Crippen LogP contribution in [0.4, 0.5) is 13.9 Å². The summed E-state index contributed by atoms with van der Waals surface area (Å²) in [6, 6.07) is 11.1. The van der Waals surface area contributed by atoms with E-state index in [4.69, 9.17) is 4.74 Å². The van der Waals surface area contributed by atoms with Crippen LogP contribution in [0.1, 0.15) is 6.92 Å². The predicted octanol–water partition coefficient (Wildman–Crippen LogP) is 5.11. The molecule has 4 aromatic rings. The number of anilines is 1. The van der Waals surface area contributed by atoms with Crippen LogP contribution in [0, 0.1) is 11.6 Å². The van der Waals surface area contributed by atoms with Crippen LogP contribution in [-0.4, -0.2) is 38.5 Å². The molecule has 1 N–H and O–H groups in total. The van der Waals surface area contributed by atoms with Crippen LogP contribution in [0.5, 0.6) is 5.75 Å². The molecule has 0 aliphatic heterocycles. The van der Waals surface area contributed by atoms with Crippen LogP contribution in [0.25, 0.3) is 22.6 Å². The molecule has 2 aromatic carbocycles. The SMILES string of the molecule is CCn1c(SCC(=O)Nc2nc(-c3ccc(F)c(F)c3)cs2)nnc1-c1ccccc1OC. The molecule has 4 rings (SSSR count). The number of hydrogen-bond acceptors (Lipinski definition) is 7. The van der Waals surface area contributed by atoms with E-state index in [9.17, 15) is 13.6 Å². The predicted molar refractivity (Wildman–Crippen MR) is 125 cm³/mol. The molecule has 11 heteroatoms. The van der Waals surface area contributed by atoms with Gasteiger partial charge in [0.15, 0.2) is 27.7 Å². The van der Waals surface area contributed by atoms with Gasteiger partial charge in [0, 0.05) is 17.5 Å². The van der Waals surface area contributed by atoms with Gasteiger partial charge in [-0.15, -0.1) is 21.5 Å². The number of carbonyl (C=O) groups is 1. The standard InChI is InChI=1S/C22H19F2N5O2S2/c1-3-29-20(14-6-4-5-7-18(14)31-2)27-28-22(29)33-12-19(30)26-21-25-17(11-32-21)13-8-9-15(23)16(24)10-13/h4-11H,3,12H2,1-2H3,(H,25,26,30). The van der Waals surface area contributed by atoms with Gasteiger partial charge < -0.3 is 14.6 Å². The lowest BCUT2D eigenvalue weighted by atomic mass is 10.2. The number of rotatable bonds is 8. The summed E-state index contributed by atoms with van der Waals surface area (Å²) in [6.45, 7) is 2.59. The highest BCUT2D eigenvalue weighted by Gasteiger charge is 2.18. The maximum absolute atomic E-state index is 13.5. The van der Waals surface area contributed by atoms with Gasteiger partial charge in [-0.3, -0.25) is 4.79 Å². The van der Waals surface area contributed by atoms with Crippen molar-refractivity contribution in [3.05, 3.63) is 59.5 Å². The van der Waals surface area contributed by atoms with Crippen molar-refractivity contribution in [1.29, 1.82) is 0 Å². The number of thiazole rings is 1. The molecule has 0 unspecified atom stereocenters. The molecule has 0 saturated heterocycles. The molecular formula is C22H19F2N5O2S2. The maximum Gasteiger partial charge on any atom is 0.236 e. The van der Waals surface area contributed by atoms with Crippen molar-refractivity contribution in [2.45, 2.75) is 18.6 Å². The van der Waals surface area contributed by atoms with Gasteiger partial charge in [0.1, 0.15) is 5.75 Å². The number of halogens is 2. The van der Waals surface area contributed by atoms with Crippen molar-refractivity contribution < 1.29 is 18.3 Å². The minimum Gasteiger partial charge on any atom is -0.496 e. The Labute approximate surface area is 196 Å². The van der Waals surface area contributed by atoms with Gasteiger partial charge in [-0.05, 0) is 37.3 Å². The van der Waals surface area contributed by atoms with Crippen LogP contribution in [0.15, 0.2) is 53.0 Å². The summed E-state index contributed by atoms with van der Waals surface area (Å²) in [7, 11) is 1.60. The third-order valence-corrected chi connectivity index (χ3v) is 6.40. The highest BCUT2D eigenvalue weighted by Crippen LogP contribution is 2.31. The molecule has 1 amide bonds. The Hall–Kier alpha value is -3.31. The first kappa shape index (κ1) is 22.9. The fraction of sp³-hybridized carbons (Fsp3) is 0.182. The lowest BCUT2D eigenvalue weighted by Gasteiger charge is -2.10. The number of benzene rings is 2. The lowest BCUT2D eigenvalue weighted by Crippen LogP contribution is -2.14. The first-order chi connectivity index (χ1) is 16.0. The second-order valence-electron chi connectivity index (χ2n) is 6.75. The fourth-order valence-electron chi connectivity index (χ4n) is 3.11. The third kappa shape index (κ3) is 5.04. The van der Waals surface area contributed by atoms with Gasteiger partial charge in [0.05, 0.1) is 24.1 Å². The molecule has 2 aromatic heterocycles. The number of para-hydroxylation sites is 1. The number of carbonyl (C=O) groups excluding carboxylic acids is 1. The Morgan fingerprint density at radius 3 is 2.76 bits per heavy atom. The number of nitrogens with zero attached hydrogens (tertiary/aromatic N) is 4. The molecule has 0 bridgehead atoms. The van der Waals surface area contributed by atoms with Crippen LogP contribution < -0.4 is 10.1 Å². The van der Waals surface area contributed by atoms with E-state index in [1.165, 1.54) is 29.2 Å². The number of aromatic nitrogens is 4. The van der Waals surface area contributed by atoms with E-state index in [0.29, 0.717) is 39.7 Å². The third-order valence-electron chi connectivity index (χ3n) is 4.68. The average Bonchev–Trinajstić information content (AvgIpc) is 3.46. The van der Waals surface area contributed by atoms with Crippen molar-refractivity contribution in [3.8, 4) is 28.4 Å². The van der Waals surface area contributed by atoms with E-state index in [0.717, 1.165) is 17.7 Å². The zero-order valence-electron chi connectivity index (χ0n) is 17.7. The normalized spacial score (nSPS) is 10.9. The van der Waals surface area contributed by atoms with Crippen LogP contribution in [0.3, 0.4) is 0 Å². The van der Waals surface area contributed by atoms with Gasteiger partial charge >= 0.3 is 0 Å². The molecule has 0 fully saturated rings. The summed E-state index contributed by atoms with van der Waals surface area (Å²) in [5, 5.41) is 13.9. The molecule has 0 aliphatic rings. The summed E-state index contributed by atoms with van der Waals surface area (Å²) >= 11 is 2.46. The molecule has 33 heavy (non-hydrogen) atoms. The van der Waals surface area contributed by atoms with Crippen LogP contribution in [-0.2, 0) is 11.3 Å². The number of amides is 1. The second kappa shape index (κ2) is 10.1. The monoisotopic (exact) mass is 487 g/mol. The van der Waals surface area contributed by atoms with E-state index in [1.807, 2.05) is 35.8 Å². The number of hydrogen-bond donors (Lipinski definition) is 1. The number of nitrogens with one attached hydrogen (secondary N) is 1. The minimum atomic E-state index is -0.949. The van der Waals surface area contributed by atoms with Crippen molar-refractivity contribution in [2.75, 3.05) is 18.2 Å². The molecule has 0 atom stereocenters. The largest absolute Gasteiger partial charge is 0.496 e. The van der Waals surface area contributed by atoms with Crippen LogP contribution in [0.2, 0.25) is 0 Å². The van der Waals surface area contributed by atoms with E-state index in [2.05, 4.69) is 20.5 Å². The van der Waals surface area contributed by atoms with Gasteiger partial charge in [-0.25, -0.2) is 13.8 Å². The molecule has 7 nitrogen and oxygen atoms in total. The molecule has 0 aliphatic carbocycles. The molecule has 0 spiro atoms. The molecular weight excluding hydrogens is 468 g/mol. The lowest BCUT2D eigenvalue weighted by molar-refractivity contribution is -0.113. The Bertz CT molecular complexity index is 1290. The van der Waals surface area contributed by atoms with E-state index in [1.54, 1.807) is 12.5 Å². The zero-order valence-corrected chi connectivity index (χ0v) is 19.3. The summed E-state index contributed by atoms with van der Waals surface area (Å²) in [6.07, 6.45) is 0. The molecule has 0 saturated carbocycles. The van der Waals surface area contributed by atoms with E-state index >= 15 is 0 Å². The van der Waals surface area contributed by atoms with Crippen molar-refractivity contribution in [1.82, 2.24) is 19.7 Å². The van der Waals surface area contributed by atoms with Gasteiger partial charge in [-0.2, -0.15) is 0 Å². The number of ether oxygens (including phenoxy) is 1. The van der Waals surface area contributed by atoms with E-state index < -0.39 is 11.6 Å². The van der Waals surface area contributed by atoms with Crippen molar-refractivity contribution in [2.24, 2.45) is 0 Å². The Kier molecular flexibility index (Phi) is 6.99. The molecule has 0 radical (unpaired) electrons.